The first-order valence-electron chi connectivity index (χ1n) is 17.4. The molecule has 1 unspecified atom stereocenters. The number of aliphatic hydroxyl groups excluding tert-OH is 1. The van der Waals surface area contributed by atoms with E-state index in [1.807, 2.05) is 24.3 Å². The third-order valence-corrected chi connectivity index (χ3v) is 7.95. The Morgan fingerprint density at radius 1 is 0.717 bits per heavy atom. The fraction of sp³-hybridized carbons (Fsp3) is 0.722. The SMILES string of the molecule is CCCC[C@@H](O)/C=C\C/C=C\C/C=C\C/C=C\CCCC(=O)O[C@H](COC(=O)CCCCCCCCC(C)CC)COP(=O)(O)O. The number of aliphatic hydroxyl groups is 1. The van der Waals surface area contributed by atoms with Crippen molar-refractivity contribution >= 4 is 19.8 Å². The number of hydrogen-bond acceptors (Lipinski definition) is 7. The van der Waals surface area contributed by atoms with E-state index in [2.05, 4.69) is 49.6 Å². The van der Waals surface area contributed by atoms with E-state index in [4.69, 9.17) is 19.3 Å². The van der Waals surface area contributed by atoms with Crippen LogP contribution in [0.1, 0.15) is 136 Å². The van der Waals surface area contributed by atoms with Crippen molar-refractivity contribution in [2.75, 3.05) is 13.2 Å². The van der Waals surface area contributed by atoms with E-state index in [1.54, 1.807) is 0 Å². The molecule has 0 aliphatic carbocycles. The largest absolute Gasteiger partial charge is 0.469 e. The van der Waals surface area contributed by atoms with Crippen molar-refractivity contribution in [2.24, 2.45) is 5.92 Å². The van der Waals surface area contributed by atoms with Gasteiger partial charge in [0, 0.05) is 12.8 Å². The summed E-state index contributed by atoms with van der Waals surface area (Å²) in [6.07, 6.45) is 30.5. The van der Waals surface area contributed by atoms with E-state index in [1.165, 1.54) is 25.7 Å². The summed E-state index contributed by atoms with van der Waals surface area (Å²) in [5, 5.41) is 9.77. The van der Waals surface area contributed by atoms with Gasteiger partial charge in [0.2, 0.25) is 0 Å². The number of carbonyl (C=O) groups is 2. The molecular weight excluding hydrogens is 607 g/mol. The predicted molar refractivity (Wildman–Crippen MR) is 185 cm³/mol. The zero-order valence-corrected chi connectivity index (χ0v) is 29.6. The first-order chi connectivity index (χ1) is 22.1. The number of allylic oxidation sites excluding steroid dienone is 7. The molecule has 3 atom stereocenters. The molecule has 0 radical (unpaired) electrons. The van der Waals surface area contributed by atoms with Crippen molar-refractivity contribution < 1.29 is 43.0 Å². The molecule has 0 bridgehead atoms. The van der Waals surface area contributed by atoms with Crippen LogP contribution < -0.4 is 0 Å². The Hall–Kier alpha value is -2.03. The standard InChI is InChI=1S/C36H63O9P/c1-4-6-26-33(37)27-22-18-13-11-9-7-8-10-12-14-20-24-29-36(39)45-34(31-44-46(40,41)42)30-43-35(38)28-23-19-16-15-17-21-25-32(3)5-2/h7-8,11-14,22,27,32-34,37H,4-6,9-10,15-21,23-26,28-31H2,1-3H3,(H2,40,41,42)/b8-7-,13-11-,14-12-,27-22-/t32?,33-,34-/m1/s1. The quantitative estimate of drug-likeness (QED) is 0.0296. The Bertz CT molecular complexity index is 922. The Labute approximate surface area is 278 Å². The van der Waals surface area contributed by atoms with Crippen molar-refractivity contribution in [1.29, 1.82) is 0 Å². The van der Waals surface area contributed by atoms with Crippen LogP contribution in [0, 0.1) is 5.92 Å². The number of hydrogen-bond donors (Lipinski definition) is 3. The van der Waals surface area contributed by atoms with E-state index in [-0.39, 0.29) is 25.6 Å². The number of esters is 2. The van der Waals surface area contributed by atoms with Crippen LogP contribution in [0.25, 0.3) is 0 Å². The molecule has 0 saturated carbocycles. The summed E-state index contributed by atoms with van der Waals surface area (Å²) in [6.45, 7) is 5.72. The van der Waals surface area contributed by atoms with Crippen LogP contribution in [0.4, 0.5) is 0 Å². The molecule has 0 rings (SSSR count). The molecule has 0 aromatic rings. The number of carbonyl (C=O) groups excluding carboxylic acids is 2. The zero-order valence-electron chi connectivity index (χ0n) is 28.7. The van der Waals surface area contributed by atoms with Crippen LogP contribution in [0.2, 0.25) is 0 Å². The summed E-state index contributed by atoms with van der Waals surface area (Å²) >= 11 is 0. The molecule has 0 spiro atoms. The summed E-state index contributed by atoms with van der Waals surface area (Å²) in [5.41, 5.74) is 0. The molecule has 0 heterocycles. The molecule has 10 heteroatoms. The highest BCUT2D eigenvalue weighted by Crippen LogP contribution is 2.35. The molecule has 0 saturated heterocycles. The average Bonchev–Trinajstić information content (AvgIpc) is 3.02. The minimum Gasteiger partial charge on any atom is -0.462 e. The van der Waals surface area contributed by atoms with E-state index >= 15 is 0 Å². The van der Waals surface area contributed by atoms with Gasteiger partial charge in [-0.1, -0.05) is 127 Å². The molecule has 0 fully saturated rings. The van der Waals surface area contributed by atoms with Crippen LogP contribution in [0.15, 0.2) is 48.6 Å². The number of ether oxygens (including phenoxy) is 2. The summed E-state index contributed by atoms with van der Waals surface area (Å²) in [7, 11) is -4.77. The van der Waals surface area contributed by atoms with Crippen LogP contribution in [-0.2, 0) is 28.2 Å². The van der Waals surface area contributed by atoms with Gasteiger partial charge in [-0.15, -0.1) is 0 Å². The fourth-order valence-corrected chi connectivity index (χ4v) is 4.78. The summed E-state index contributed by atoms with van der Waals surface area (Å²) < 4.78 is 26.1. The third kappa shape index (κ3) is 31.9. The van der Waals surface area contributed by atoms with Gasteiger partial charge >= 0.3 is 19.8 Å². The van der Waals surface area contributed by atoms with Gasteiger partial charge in [0.25, 0.3) is 0 Å². The lowest BCUT2D eigenvalue weighted by atomic mass is 10.00. The van der Waals surface area contributed by atoms with Gasteiger partial charge in [-0.05, 0) is 50.9 Å². The van der Waals surface area contributed by atoms with Gasteiger partial charge in [0.05, 0.1) is 12.7 Å². The monoisotopic (exact) mass is 670 g/mol. The number of phosphoric ester groups is 1. The van der Waals surface area contributed by atoms with Crippen LogP contribution in [0.3, 0.4) is 0 Å². The molecular formula is C36H63O9P. The first kappa shape index (κ1) is 44.0. The van der Waals surface area contributed by atoms with Crippen molar-refractivity contribution in [3.63, 3.8) is 0 Å². The minimum absolute atomic E-state index is 0.118. The fourth-order valence-electron chi connectivity index (χ4n) is 4.42. The molecule has 9 nitrogen and oxygen atoms in total. The Kier molecular flexibility index (Phi) is 29.0. The van der Waals surface area contributed by atoms with Crippen molar-refractivity contribution in [3.8, 4) is 0 Å². The summed E-state index contributed by atoms with van der Waals surface area (Å²) in [5.74, 6) is -0.204. The van der Waals surface area contributed by atoms with E-state index in [0.717, 1.165) is 63.7 Å². The molecule has 0 aliphatic rings. The second-order valence-corrected chi connectivity index (χ2v) is 13.1. The Morgan fingerprint density at radius 2 is 1.30 bits per heavy atom. The molecule has 0 amide bonds. The lowest BCUT2D eigenvalue weighted by Crippen LogP contribution is -2.29. The van der Waals surface area contributed by atoms with Crippen molar-refractivity contribution in [2.45, 2.75) is 149 Å². The topological polar surface area (TPSA) is 140 Å². The zero-order chi connectivity index (χ0) is 34.3. The maximum atomic E-state index is 12.3. The molecule has 0 aromatic heterocycles. The summed E-state index contributed by atoms with van der Waals surface area (Å²) in [6, 6.07) is 0. The molecule has 46 heavy (non-hydrogen) atoms. The van der Waals surface area contributed by atoms with Crippen LogP contribution in [-0.4, -0.2) is 52.3 Å². The smallest absolute Gasteiger partial charge is 0.462 e. The normalized spacial score (nSPS) is 14.5. The minimum atomic E-state index is -4.77. The van der Waals surface area contributed by atoms with Gasteiger partial charge < -0.3 is 24.4 Å². The van der Waals surface area contributed by atoms with Crippen molar-refractivity contribution in [1.82, 2.24) is 0 Å². The lowest BCUT2D eigenvalue weighted by Gasteiger charge is -2.18. The van der Waals surface area contributed by atoms with E-state index in [9.17, 15) is 19.3 Å². The number of unbranched alkanes of at least 4 members (excludes halogenated alkanes) is 7. The first-order valence-corrected chi connectivity index (χ1v) is 18.9. The van der Waals surface area contributed by atoms with Gasteiger partial charge in [-0.2, -0.15) is 0 Å². The second-order valence-electron chi connectivity index (χ2n) is 11.9. The van der Waals surface area contributed by atoms with Gasteiger partial charge in [0.1, 0.15) is 6.61 Å². The maximum Gasteiger partial charge on any atom is 0.469 e. The second kappa shape index (κ2) is 30.3. The number of phosphoric acid groups is 1. The Morgan fingerprint density at radius 3 is 1.93 bits per heavy atom. The molecule has 0 aromatic carbocycles. The summed E-state index contributed by atoms with van der Waals surface area (Å²) in [4.78, 5) is 42.5. The molecule has 3 N–H and O–H groups in total. The van der Waals surface area contributed by atoms with Crippen LogP contribution >= 0.6 is 7.82 Å². The average molecular weight is 671 g/mol. The van der Waals surface area contributed by atoms with Gasteiger partial charge in [0.15, 0.2) is 6.10 Å². The lowest BCUT2D eigenvalue weighted by molar-refractivity contribution is -0.161. The molecule has 266 valence electrons. The molecule has 0 aliphatic heterocycles. The highest BCUT2D eigenvalue weighted by atomic mass is 31.2. The predicted octanol–water partition coefficient (Wildman–Crippen LogP) is 8.83. The highest BCUT2D eigenvalue weighted by molar-refractivity contribution is 7.46. The van der Waals surface area contributed by atoms with Gasteiger partial charge in [-0.25, -0.2) is 4.57 Å². The van der Waals surface area contributed by atoms with Crippen LogP contribution in [0.5, 0.6) is 0 Å². The van der Waals surface area contributed by atoms with Gasteiger partial charge in [-0.3, -0.25) is 14.1 Å². The van der Waals surface area contributed by atoms with E-state index < -0.39 is 32.5 Å². The Balaban J connectivity index is 4.18. The third-order valence-electron chi connectivity index (χ3n) is 7.46. The van der Waals surface area contributed by atoms with E-state index in [0.29, 0.717) is 19.3 Å². The van der Waals surface area contributed by atoms with Crippen molar-refractivity contribution in [3.05, 3.63) is 48.6 Å². The maximum absolute atomic E-state index is 12.3. The number of rotatable bonds is 30. The highest BCUT2D eigenvalue weighted by Gasteiger charge is 2.22.